The van der Waals surface area contributed by atoms with Crippen molar-refractivity contribution in [3.05, 3.63) is 17.5 Å². The highest BCUT2D eigenvalue weighted by Gasteiger charge is 2.28. The van der Waals surface area contributed by atoms with Crippen molar-refractivity contribution in [2.45, 2.75) is 39.2 Å². The van der Waals surface area contributed by atoms with E-state index in [9.17, 15) is 4.79 Å². The second-order valence-electron chi connectivity index (χ2n) is 6.96. The molecule has 1 aromatic rings. The summed E-state index contributed by atoms with van der Waals surface area (Å²) in [4.78, 5) is 12.5. The summed E-state index contributed by atoms with van der Waals surface area (Å²) in [5.41, 5.74) is 1.45. The molecule has 6 nitrogen and oxygen atoms in total. The second kappa shape index (κ2) is 6.79. The van der Waals surface area contributed by atoms with Crippen LogP contribution in [0, 0.1) is 5.41 Å². The van der Waals surface area contributed by atoms with Crippen LogP contribution < -0.4 is 5.32 Å². The standard InChI is InChI=1S/C16H27N3O3/c1-16(2,3)13(21-5)8-17-15(20)12-9-19(4)18-14(12)11-6-7-22-10-11/h9,11,13H,6-8,10H2,1-5H3,(H,17,20). The Hall–Kier alpha value is -1.40. The van der Waals surface area contributed by atoms with Crippen molar-refractivity contribution in [3.63, 3.8) is 0 Å². The Morgan fingerprint density at radius 1 is 1.59 bits per heavy atom. The topological polar surface area (TPSA) is 65.4 Å². The molecule has 0 radical (unpaired) electrons. The van der Waals surface area contributed by atoms with Crippen LogP contribution >= 0.6 is 0 Å². The van der Waals surface area contributed by atoms with Crippen molar-refractivity contribution >= 4 is 5.91 Å². The number of amides is 1. The van der Waals surface area contributed by atoms with E-state index < -0.39 is 0 Å². The molecule has 2 heterocycles. The summed E-state index contributed by atoms with van der Waals surface area (Å²) in [6.07, 6.45) is 2.66. The molecule has 2 atom stereocenters. The number of aromatic nitrogens is 2. The lowest BCUT2D eigenvalue weighted by molar-refractivity contribution is 0.0175. The van der Waals surface area contributed by atoms with E-state index in [1.165, 1.54) is 0 Å². The van der Waals surface area contributed by atoms with Crippen molar-refractivity contribution in [2.75, 3.05) is 26.9 Å². The van der Waals surface area contributed by atoms with Crippen molar-refractivity contribution in [3.8, 4) is 0 Å². The maximum Gasteiger partial charge on any atom is 0.254 e. The number of ether oxygens (including phenoxy) is 2. The fourth-order valence-corrected chi connectivity index (χ4v) is 2.76. The largest absolute Gasteiger partial charge is 0.381 e. The molecule has 6 heteroatoms. The quantitative estimate of drug-likeness (QED) is 0.899. The summed E-state index contributed by atoms with van der Waals surface area (Å²) in [5, 5.41) is 7.43. The van der Waals surface area contributed by atoms with Crippen LogP contribution in [0.3, 0.4) is 0 Å². The zero-order valence-corrected chi connectivity index (χ0v) is 14.2. The van der Waals surface area contributed by atoms with Gasteiger partial charge >= 0.3 is 0 Å². The Morgan fingerprint density at radius 2 is 2.32 bits per heavy atom. The maximum atomic E-state index is 12.5. The lowest BCUT2D eigenvalue weighted by Crippen LogP contribution is -2.40. The van der Waals surface area contributed by atoms with E-state index >= 15 is 0 Å². The van der Waals surface area contributed by atoms with Crippen molar-refractivity contribution in [2.24, 2.45) is 12.5 Å². The summed E-state index contributed by atoms with van der Waals surface area (Å²) in [5.74, 6) is 0.115. The molecule has 1 aromatic heterocycles. The Labute approximate surface area is 132 Å². The molecule has 0 saturated carbocycles. The van der Waals surface area contributed by atoms with Crippen molar-refractivity contribution in [1.82, 2.24) is 15.1 Å². The highest BCUT2D eigenvalue weighted by molar-refractivity contribution is 5.95. The molecule has 1 aliphatic rings. The first-order chi connectivity index (χ1) is 10.3. The molecular weight excluding hydrogens is 282 g/mol. The van der Waals surface area contributed by atoms with Gasteiger partial charge in [0.15, 0.2) is 0 Å². The number of carbonyl (C=O) groups excluding carboxylic acids is 1. The lowest BCUT2D eigenvalue weighted by Gasteiger charge is -2.29. The van der Waals surface area contributed by atoms with Gasteiger partial charge in [0.05, 0.1) is 24.0 Å². The summed E-state index contributed by atoms with van der Waals surface area (Å²) in [7, 11) is 3.51. The van der Waals surface area contributed by atoms with Gasteiger partial charge in [-0.15, -0.1) is 0 Å². The van der Waals surface area contributed by atoms with Gasteiger partial charge in [0, 0.05) is 39.4 Å². The van der Waals surface area contributed by atoms with Gasteiger partial charge in [0.1, 0.15) is 0 Å². The van der Waals surface area contributed by atoms with Gasteiger partial charge in [-0.25, -0.2) is 0 Å². The zero-order chi connectivity index (χ0) is 16.3. The molecule has 0 spiro atoms. The van der Waals surface area contributed by atoms with Crippen LogP contribution in [0.2, 0.25) is 0 Å². The Kier molecular flexibility index (Phi) is 5.24. The van der Waals surface area contributed by atoms with E-state index in [0.29, 0.717) is 18.7 Å². The first-order valence-corrected chi connectivity index (χ1v) is 7.75. The molecular formula is C16H27N3O3. The molecule has 1 aliphatic heterocycles. The van der Waals surface area contributed by atoms with E-state index in [2.05, 4.69) is 31.2 Å². The van der Waals surface area contributed by atoms with Crippen LogP contribution in [-0.4, -0.2) is 48.7 Å². The second-order valence-corrected chi connectivity index (χ2v) is 6.96. The third kappa shape index (κ3) is 3.87. The highest BCUT2D eigenvalue weighted by atomic mass is 16.5. The van der Waals surface area contributed by atoms with E-state index in [0.717, 1.165) is 18.7 Å². The minimum Gasteiger partial charge on any atom is -0.381 e. The Balaban J connectivity index is 2.06. The van der Waals surface area contributed by atoms with E-state index in [-0.39, 0.29) is 23.3 Å². The predicted octanol–water partition coefficient (Wildman–Crippen LogP) is 1.71. The van der Waals surface area contributed by atoms with Gasteiger partial charge < -0.3 is 14.8 Å². The Bertz CT molecular complexity index is 513. The third-order valence-electron chi connectivity index (χ3n) is 4.12. The molecule has 0 aromatic carbocycles. The van der Waals surface area contributed by atoms with Gasteiger partial charge in [0.2, 0.25) is 0 Å². The smallest absolute Gasteiger partial charge is 0.254 e. The number of hydrogen-bond acceptors (Lipinski definition) is 4. The van der Waals surface area contributed by atoms with Gasteiger partial charge in [-0.1, -0.05) is 20.8 Å². The number of rotatable bonds is 5. The van der Waals surface area contributed by atoms with Crippen molar-refractivity contribution in [1.29, 1.82) is 0 Å². The monoisotopic (exact) mass is 309 g/mol. The highest BCUT2D eigenvalue weighted by Crippen LogP contribution is 2.27. The molecule has 2 rings (SSSR count). The molecule has 1 amide bonds. The minimum absolute atomic E-state index is 0.0287. The number of nitrogens with zero attached hydrogens (tertiary/aromatic N) is 2. The summed E-state index contributed by atoms with van der Waals surface area (Å²) in [6, 6.07) is 0. The minimum atomic E-state index is -0.0960. The number of aryl methyl sites for hydroxylation is 1. The van der Waals surface area contributed by atoms with Crippen LogP contribution in [0.4, 0.5) is 0 Å². The van der Waals surface area contributed by atoms with E-state index in [4.69, 9.17) is 9.47 Å². The van der Waals surface area contributed by atoms with Crippen molar-refractivity contribution < 1.29 is 14.3 Å². The zero-order valence-electron chi connectivity index (χ0n) is 14.2. The molecule has 1 N–H and O–H groups in total. The number of nitrogens with one attached hydrogen (secondary N) is 1. The summed E-state index contributed by atoms with van der Waals surface area (Å²) < 4.78 is 12.6. The first-order valence-electron chi connectivity index (χ1n) is 7.75. The fraction of sp³-hybridized carbons (Fsp3) is 0.750. The third-order valence-corrected chi connectivity index (χ3v) is 4.12. The van der Waals surface area contributed by atoms with Crippen LogP contribution in [0.15, 0.2) is 6.20 Å². The van der Waals surface area contributed by atoms with Crippen LogP contribution in [-0.2, 0) is 16.5 Å². The van der Waals surface area contributed by atoms with E-state index in [1.54, 1.807) is 18.0 Å². The van der Waals surface area contributed by atoms with Crippen LogP contribution in [0.25, 0.3) is 0 Å². The first kappa shape index (κ1) is 17.0. The number of carbonyl (C=O) groups is 1. The molecule has 22 heavy (non-hydrogen) atoms. The molecule has 2 unspecified atom stereocenters. The average molecular weight is 309 g/mol. The molecule has 1 fully saturated rings. The maximum absolute atomic E-state index is 12.5. The summed E-state index contributed by atoms with van der Waals surface area (Å²) >= 11 is 0. The molecule has 0 bridgehead atoms. The number of methoxy groups -OCH3 is 1. The fourth-order valence-electron chi connectivity index (χ4n) is 2.76. The van der Waals surface area contributed by atoms with Gasteiger partial charge in [-0.2, -0.15) is 5.10 Å². The number of hydrogen-bond donors (Lipinski definition) is 1. The van der Waals surface area contributed by atoms with Crippen LogP contribution in [0.1, 0.15) is 49.2 Å². The predicted molar refractivity (Wildman–Crippen MR) is 84.0 cm³/mol. The molecule has 0 aliphatic carbocycles. The lowest BCUT2D eigenvalue weighted by atomic mass is 9.89. The Morgan fingerprint density at radius 3 is 2.86 bits per heavy atom. The average Bonchev–Trinajstić information content (AvgIpc) is 3.06. The summed E-state index contributed by atoms with van der Waals surface area (Å²) in [6.45, 7) is 8.14. The van der Waals surface area contributed by atoms with E-state index in [1.807, 2.05) is 7.05 Å². The van der Waals surface area contributed by atoms with Gasteiger partial charge in [-0.3, -0.25) is 9.48 Å². The van der Waals surface area contributed by atoms with Gasteiger partial charge in [-0.05, 0) is 11.8 Å². The molecule has 1 saturated heterocycles. The van der Waals surface area contributed by atoms with Crippen LogP contribution in [0.5, 0.6) is 0 Å². The van der Waals surface area contributed by atoms with Gasteiger partial charge in [0.25, 0.3) is 5.91 Å². The normalized spacial score (nSPS) is 20.1. The SMILES string of the molecule is COC(CNC(=O)c1cn(C)nc1C1CCOC1)C(C)(C)C. The molecule has 124 valence electrons.